The van der Waals surface area contributed by atoms with Crippen molar-refractivity contribution in [1.29, 1.82) is 0 Å². The van der Waals surface area contributed by atoms with E-state index in [1.807, 2.05) is 30.3 Å². The van der Waals surface area contributed by atoms with E-state index >= 15 is 0 Å². The van der Waals surface area contributed by atoms with Crippen LogP contribution in [0, 0.1) is 5.82 Å². The summed E-state index contributed by atoms with van der Waals surface area (Å²) in [5.41, 5.74) is 1.84. The molecule has 0 aromatic heterocycles. The number of urea groups is 1. The molecule has 1 aliphatic rings. The fourth-order valence-corrected chi connectivity index (χ4v) is 4.06. The Labute approximate surface area is 240 Å². The van der Waals surface area contributed by atoms with Gasteiger partial charge in [-0.3, -0.25) is 19.7 Å². The molecule has 4 aromatic carbocycles. The number of amides is 5. The van der Waals surface area contributed by atoms with Crippen molar-refractivity contribution in [3.05, 3.63) is 126 Å². The number of nitrogens with zero attached hydrogens (tertiary/aromatic N) is 1. The molecular weight excluding hydrogens is 541 g/mol. The predicted octanol–water partition coefficient (Wildman–Crippen LogP) is 5.09. The van der Waals surface area contributed by atoms with E-state index in [9.17, 15) is 23.6 Å². The molecule has 1 saturated heterocycles. The predicted molar refractivity (Wildman–Crippen MR) is 153 cm³/mol. The first-order valence-electron chi connectivity index (χ1n) is 12.8. The number of nitrogens with one attached hydrogen (secondary N) is 2. The minimum atomic E-state index is -0.871. The van der Waals surface area contributed by atoms with Gasteiger partial charge in [-0.25, -0.2) is 14.1 Å². The summed E-state index contributed by atoms with van der Waals surface area (Å²) in [4.78, 5) is 51.5. The minimum absolute atomic E-state index is 0.257. The molecule has 210 valence electrons. The van der Waals surface area contributed by atoms with Crippen LogP contribution in [0.25, 0.3) is 6.08 Å². The normalized spacial score (nSPS) is 14.0. The van der Waals surface area contributed by atoms with Crippen LogP contribution in [0.2, 0.25) is 0 Å². The smallest absolute Gasteiger partial charge is 0.335 e. The molecule has 9 nitrogen and oxygen atoms in total. The van der Waals surface area contributed by atoms with Gasteiger partial charge < -0.3 is 14.8 Å². The van der Waals surface area contributed by atoms with Crippen LogP contribution in [0.3, 0.4) is 0 Å². The lowest BCUT2D eigenvalue weighted by molar-refractivity contribution is -0.122. The van der Waals surface area contributed by atoms with Gasteiger partial charge in [-0.15, -0.1) is 0 Å². The number of carbonyl (C=O) groups is 4. The lowest BCUT2D eigenvalue weighted by Gasteiger charge is -2.26. The molecule has 0 saturated carbocycles. The third-order valence-electron chi connectivity index (χ3n) is 6.11. The molecule has 1 heterocycles. The Kier molecular flexibility index (Phi) is 8.34. The molecule has 0 spiro atoms. The van der Waals surface area contributed by atoms with E-state index < -0.39 is 29.6 Å². The highest BCUT2D eigenvalue weighted by Crippen LogP contribution is 2.25. The van der Waals surface area contributed by atoms with Gasteiger partial charge in [0.05, 0.1) is 5.69 Å². The monoisotopic (exact) mass is 565 g/mol. The molecule has 5 rings (SSSR count). The highest BCUT2D eigenvalue weighted by molar-refractivity contribution is 6.39. The number of halogens is 1. The zero-order valence-electron chi connectivity index (χ0n) is 22.1. The van der Waals surface area contributed by atoms with Crippen molar-refractivity contribution in [2.45, 2.75) is 6.61 Å². The zero-order chi connectivity index (χ0) is 29.5. The van der Waals surface area contributed by atoms with E-state index in [1.54, 1.807) is 48.5 Å². The van der Waals surface area contributed by atoms with E-state index in [4.69, 9.17) is 9.47 Å². The number of benzene rings is 4. The van der Waals surface area contributed by atoms with Gasteiger partial charge in [0.1, 0.15) is 29.5 Å². The maximum Gasteiger partial charge on any atom is 0.335 e. The van der Waals surface area contributed by atoms with Gasteiger partial charge in [0.25, 0.3) is 17.7 Å². The first kappa shape index (κ1) is 27.8. The molecule has 42 heavy (non-hydrogen) atoms. The molecule has 0 bridgehead atoms. The highest BCUT2D eigenvalue weighted by atomic mass is 19.1. The van der Waals surface area contributed by atoms with Gasteiger partial charge in [0, 0.05) is 5.69 Å². The maximum absolute atomic E-state index is 13.3. The molecule has 0 aliphatic carbocycles. The van der Waals surface area contributed by atoms with Crippen molar-refractivity contribution >= 4 is 41.2 Å². The first-order chi connectivity index (χ1) is 20.4. The molecule has 0 unspecified atom stereocenters. The fraction of sp³-hybridized carbons (Fsp3) is 0.0625. The van der Waals surface area contributed by atoms with Crippen LogP contribution >= 0.6 is 0 Å². The highest BCUT2D eigenvalue weighted by Gasteiger charge is 2.36. The van der Waals surface area contributed by atoms with Gasteiger partial charge in [-0.2, -0.15) is 0 Å². The summed E-state index contributed by atoms with van der Waals surface area (Å²) >= 11 is 0. The Balaban J connectivity index is 1.25. The van der Waals surface area contributed by atoms with Gasteiger partial charge in [0.15, 0.2) is 6.61 Å². The molecule has 0 radical (unpaired) electrons. The average molecular weight is 566 g/mol. The third-order valence-corrected chi connectivity index (χ3v) is 6.11. The summed E-state index contributed by atoms with van der Waals surface area (Å²) in [6.07, 6.45) is 1.33. The second-order valence-corrected chi connectivity index (χ2v) is 9.14. The largest absolute Gasteiger partial charge is 0.489 e. The van der Waals surface area contributed by atoms with Crippen LogP contribution in [0.4, 0.5) is 20.6 Å². The Bertz CT molecular complexity index is 1650. The minimum Gasteiger partial charge on any atom is -0.489 e. The summed E-state index contributed by atoms with van der Waals surface area (Å²) in [6.45, 7) is 0.0244. The van der Waals surface area contributed by atoms with Crippen LogP contribution < -0.4 is 25.0 Å². The molecule has 5 amide bonds. The molecule has 1 aliphatic heterocycles. The summed E-state index contributed by atoms with van der Waals surface area (Å²) in [7, 11) is 0. The van der Waals surface area contributed by atoms with Crippen molar-refractivity contribution in [3.8, 4) is 11.5 Å². The Morgan fingerprint density at radius 2 is 1.57 bits per heavy atom. The second kappa shape index (κ2) is 12.6. The number of imide groups is 2. The molecular formula is C32H24FN3O6. The van der Waals surface area contributed by atoms with E-state index in [1.165, 1.54) is 30.3 Å². The van der Waals surface area contributed by atoms with Crippen LogP contribution in [0.1, 0.15) is 11.1 Å². The molecule has 10 heteroatoms. The average Bonchev–Trinajstić information content (AvgIpc) is 3.00. The van der Waals surface area contributed by atoms with Gasteiger partial charge in [-0.05, 0) is 77.9 Å². The SMILES string of the molecule is O=C(COc1cccc(/C=C2/C(=O)NC(=O)N(c3ccc(OCc4ccccc4)cc3)C2=O)c1)Nc1ccc(F)cc1. The molecule has 2 N–H and O–H groups in total. The van der Waals surface area contributed by atoms with Crippen molar-refractivity contribution in [3.63, 3.8) is 0 Å². The van der Waals surface area contributed by atoms with Crippen molar-refractivity contribution in [2.75, 3.05) is 16.8 Å². The van der Waals surface area contributed by atoms with Crippen LogP contribution in [0.5, 0.6) is 11.5 Å². The van der Waals surface area contributed by atoms with Gasteiger partial charge in [-0.1, -0.05) is 42.5 Å². The van der Waals surface area contributed by atoms with Crippen molar-refractivity contribution in [2.24, 2.45) is 0 Å². The summed E-state index contributed by atoms with van der Waals surface area (Å²) < 4.78 is 24.4. The lowest BCUT2D eigenvalue weighted by Crippen LogP contribution is -2.54. The third kappa shape index (κ3) is 6.86. The van der Waals surface area contributed by atoms with Crippen molar-refractivity contribution < 1.29 is 33.0 Å². The van der Waals surface area contributed by atoms with E-state index in [0.29, 0.717) is 29.4 Å². The van der Waals surface area contributed by atoms with E-state index in [2.05, 4.69) is 10.6 Å². The second-order valence-electron chi connectivity index (χ2n) is 9.14. The Morgan fingerprint density at radius 3 is 2.31 bits per heavy atom. The maximum atomic E-state index is 13.3. The number of rotatable bonds is 9. The van der Waals surface area contributed by atoms with Gasteiger partial charge in [0.2, 0.25) is 0 Å². The van der Waals surface area contributed by atoms with Crippen molar-refractivity contribution in [1.82, 2.24) is 5.32 Å². The fourth-order valence-electron chi connectivity index (χ4n) is 4.06. The number of anilines is 2. The summed E-state index contributed by atoms with van der Waals surface area (Å²) in [5.74, 6) is -1.67. The summed E-state index contributed by atoms with van der Waals surface area (Å²) in [6, 6.07) is 26.8. The number of barbiturate groups is 1. The standard InChI is InChI=1S/C32H24FN3O6/c33-23-9-11-24(12-10-23)34-29(37)20-42-27-8-4-7-22(17-27)18-28-30(38)35-32(40)36(31(28)39)25-13-15-26(16-14-25)41-19-21-5-2-1-3-6-21/h1-18H,19-20H2,(H,34,37)(H,35,38,40)/b28-18-. The van der Waals surface area contributed by atoms with Crippen LogP contribution in [0.15, 0.2) is 109 Å². The topological polar surface area (TPSA) is 114 Å². The quantitative estimate of drug-likeness (QED) is 0.216. The zero-order valence-corrected chi connectivity index (χ0v) is 22.1. The molecule has 0 atom stereocenters. The molecule has 4 aromatic rings. The number of hydrogen-bond acceptors (Lipinski definition) is 6. The van der Waals surface area contributed by atoms with Gasteiger partial charge >= 0.3 is 6.03 Å². The number of ether oxygens (including phenoxy) is 2. The Hall–Kier alpha value is -5.77. The van der Waals surface area contributed by atoms with Crippen LogP contribution in [-0.2, 0) is 21.0 Å². The lowest BCUT2D eigenvalue weighted by atomic mass is 10.1. The summed E-state index contributed by atoms with van der Waals surface area (Å²) in [5, 5.41) is 4.78. The van der Waals surface area contributed by atoms with Crippen LogP contribution in [-0.4, -0.2) is 30.4 Å². The number of hydrogen-bond donors (Lipinski definition) is 2. The molecule has 1 fully saturated rings. The Morgan fingerprint density at radius 1 is 0.833 bits per heavy atom. The van der Waals surface area contributed by atoms with E-state index in [-0.39, 0.29) is 17.9 Å². The number of carbonyl (C=O) groups excluding carboxylic acids is 4. The first-order valence-corrected chi connectivity index (χ1v) is 12.8. The van der Waals surface area contributed by atoms with E-state index in [0.717, 1.165) is 10.5 Å².